The van der Waals surface area contributed by atoms with Crippen molar-refractivity contribution in [2.45, 2.75) is 71.2 Å². The van der Waals surface area contributed by atoms with Crippen LogP contribution in [0.2, 0.25) is 0 Å². The first-order valence-electron chi connectivity index (χ1n) is 7.97. The molecule has 0 unspecified atom stereocenters. The van der Waals surface area contributed by atoms with Crippen molar-refractivity contribution in [3.8, 4) is 0 Å². The molecular weight excluding hydrogens is 266 g/mol. The molecule has 0 bridgehead atoms. The minimum Gasteiger partial charge on any atom is -0.370 e. The molecule has 1 rings (SSSR count). The van der Waals surface area contributed by atoms with Crippen molar-refractivity contribution < 1.29 is 0 Å². The van der Waals surface area contributed by atoms with Gasteiger partial charge in [-0.25, -0.2) is 9.97 Å². The number of anilines is 1. The average Bonchev–Trinajstić information content (AvgIpc) is 2.45. The van der Waals surface area contributed by atoms with Gasteiger partial charge in [0.05, 0.1) is 0 Å². The number of hydrogen-bond acceptors (Lipinski definition) is 4. The molecule has 1 N–H and O–H groups in total. The lowest BCUT2D eigenvalue weighted by Gasteiger charge is -2.13. The fourth-order valence-electron chi connectivity index (χ4n) is 1.95. The molecule has 0 spiro atoms. The van der Waals surface area contributed by atoms with Crippen LogP contribution in [0.25, 0.3) is 0 Å². The van der Waals surface area contributed by atoms with Gasteiger partial charge < -0.3 is 5.32 Å². The summed E-state index contributed by atoms with van der Waals surface area (Å²) in [7, 11) is 0. The van der Waals surface area contributed by atoms with E-state index in [1.807, 2.05) is 11.8 Å². The maximum absolute atomic E-state index is 4.74. The Labute approximate surface area is 128 Å². The monoisotopic (exact) mass is 295 g/mol. The number of thioether (sulfide) groups is 1. The molecule has 0 saturated carbocycles. The van der Waals surface area contributed by atoms with Crippen molar-refractivity contribution in [3.63, 3.8) is 0 Å². The number of hydrogen-bond donors (Lipinski definition) is 1. The molecule has 0 aliphatic heterocycles. The summed E-state index contributed by atoms with van der Waals surface area (Å²) in [4.78, 5) is 9.41. The van der Waals surface area contributed by atoms with Crippen LogP contribution in [-0.2, 0) is 6.42 Å². The molecule has 0 fully saturated rings. The molecule has 1 heterocycles. The Balaban J connectivity index is 2.80. The predicted octanol–water partition coefficient (Wildman–Crippen LogP) is 4.84. The lowest BCUT2D eigenvalue weighted by molar-refractivity contribution is 0.775. The van der Waals surface area contributed by atoms with Crippen molar-refractivity contribution in [2.75, 3.05) is 17.6 Å². The normalized spacial score (nSPS) is 10.8. The van der Waals surface area contributed by atoms with E-state index in [0.717, 1.165) is 48.2 Å². The fraction of sp³-hybridized carbons (Fsp3) is 0.750. The Morgan fingerprint density at radius 3 is 2.45 bits per heavy atom. The van der Waals surface area contributed by atoms with Crippen LogP contribution in [0.5, 0.6) is 0 Å². The van der Waals surface area contributed by atoms with Crippen molar-refractivity contribution in [1.29, 1.82) is 0 Å². The molecule has 1 aromatic rings. The van der Waals surface area contributed by atoms with E-state index >= 15 is 0 Å². The van der Waals surface area contributed by atoms with Crippen LogP contribution in [0, 0.1) is 6.92 Å². The average molecular weight is 295 g/mol. The summed E-state index contributed by atoms with van der Waals surface area (Å²) in [6.45, 7) is 9.71. The molecule has 114 valence electrons. The van der Waals surface area contributed by atoms with Gasteiger partial charge in [0.15, 0.2) is 0 Å². The molecule has 20 heavy (non-hydrogen) atoms. The van der Waals surface area contributed by atoms with Gasteiger partial charge in [0.1, 0.15) is 16.7 Å². The highest BCUT2D eigenvalue weighted by atomic mass is 32.2. The molecular formula is C16H29N3S. The largest absolute Gasteiger partial charge is 0.370 e. The van der Waals surface area contributed by atoms with E-state index in [-0.39, 0.29) is 0 Å². The summed E-state index contributed by atoms with van der Waals surface area (Å²) in [5.41, 5.74) is 1.21. The van der Waals surface area contributed by atoms with E-state index in [4.69, 9.17) is 4.98 Å². The first-order chi connectivity index (χ1) is 9.72. The summed E-state index contributed by atoms with van der Waals surface area (Å²) < 4.78 is 0. The Morgan fingerprint density at radius 2 is 1.80 bits per heavy atom. The van der Waals surface area contributed by atoms with Gasteiger partial charge in [0, 0.05) is 18.5 Å². The number of aryl methyl sites for hydroxylation is 1. The summed E-state index contributed by atoms with van der Waals surface area (Å²) in [5, 5.41) is 4.60. The quantitative estimate of drug-likeness (QED) is 0.381. The summed E-state index contributed by atoms with van der Waals surface area (Å²) >= 11 is 1.88. The minimum atomic E-state index is 0.962. The van der Waals surface area contributed by atoms with Gasteiger partial charge in [-0.15, -0.1) is 11.8 Å². The number of unbranched alkanes of at least 4 members (excludes halogenated alkanes) is 2. The SMILES string of the molecule is CCCCCSc1nc(CCC)nc(NCCC)c1C. The lowest BCUT2D eigenvalue weighted by atomic mass is 10.3. The highest BCUT2D eigenvalue weighted by Crippen LogP contribution is 2.26. The van der Waals surface area contributed by atoms with Crippen LogP contribution in [-0.4, -0.2) is 22.3 Å². The van der Waals surface area contributed by atoms with E-state index in [0.29, 0.717) is 0 Å². The van der Waals surface area contributed by atoms with Crippen molar-refractivity contribution in [2.24, 2.45) is 0 Å². The number of rotatable bonds is 10. The second-order valence-electron chi connectivity index (χ2n) is 5.15. The second kappa shape index (κ2) is 10.0. The highest BCUT2D eigenvalue weighted by molar-refractivity contribution is 7.99. The van der Waals surface area contributed by atoms with E-state index in [1.165, 1.54) is 24.8 Å². The number of nitrogens with zero attached hydrogens (tertiary/aromatic N) is 2. The molecule has 0 amide bonds. The van der Waals surface area contributed by atoms with Gasteiger partial charge in [0.2, 0.25) is 0 Å². The first kappa shape index (κ1) is 17.3. The number of aromatic nitrogens is 2. The Hall–Kier alpha value is -0.770. The molecule has 0 saturated heterocycles. The van der Waals surface area contributed by atoms with E-state index in [1.54, 1.807) is 0 Å². The zero-order valence-electron chi connectivity index (χ0n) is 13.5. The third-order valence-electron chi connectivity index (χ3n) is 3.15. The molecule has 4 heteroatoms. The zero-order chi connectivity index (χ0) is 14.8. The Kier molecular flexibility index (Phi) is 8.67. The molecule has 0 radical (unpaired) electrons. The van der Waals surface area contributed by atoms with Gasteiger partial charge >= 0.3 is 0 Å². The fourth-order valence-corrected chi connectivity index (χ4v) is 2.98. The number of nitrogens with one attached hydrogen (secondary N) is 1. The van der Waals surface area contributed by atoms with E-state index in [2.05, 4.69) is 38.0 Å². The smallest absolute Gasteiger partial charge is 0.133 e. The summed E-state index contributed by atoms with van der Waals surface area (Å²) in [6, 6.07) is 0. The molecule has 3 nitrogen and oxygen atoms in total. The van der Waals surface area contributed by atoms with Crippen LogP contribution in [0.15, 0.2) is 5.03 Å². The van der Waals surface area contributed by atoms with Gasteiger partial charge in [-0.2, -0.15) is 0 Å². The van der Waals surface area contributed by atoms with Gasteiger partial charge in [-0.1, -0.05) is 33.6 Å². The van der Waals surface area contributed by atoms with Gasteiger partial charge in [0.25, 0.3) is 0 Å². The molecule has 1 aromatic heterocycles. The lowest BCUT2D eigenvalue weighted by Crippen LogP contribution is -2.09. The molecule has 0 atom stereocenters. The third kappa shape index (κ3) is 5.70. The van der Waals surface area contributed by atoms with Crippen LogP contribution in [0.4, 0.5) is 5.82 Å². The van der Waals surface area contributed by atoms with Crippen LogP contribution in [0.1, 0.15) is 64.3 Å². The van der Waals surface area contributed by atoms with Crippen LogP contribution >= 0.6 is 11.8 Å². The Morgan fingerprint density at radius 1 is 1.00 bits per heavy atom. The van der Waals surface area contributed by atoms with Gasteiger partial charge in [-0.3, -0.25) is 0 Å². The standard InChI is InChI=1S/C16H29N3S/c1-5-8-9-12-20-16-13(4)15(17-11-7-3)18-14(19-16)10-6-2/h5-12H2,1-4H3,(H,17,18,19). The summed E-state index contributed by atoms with van der Waals surface area (Å²) in [6.07, 6.45) is 7.02. The summed E-state index contributed by atoms with van der Waals surface area (Å²) in [5.74, 6) is 3.17. The van der Waals surface area contributed by atoms with Crippen molar-refractivity contribution in [3.05, 3.63) is 11.4 Å². The van der Waals surface area contributed by atoms with Crippen molar-refractivity contribution in [1.82, 2.24) is 9.97 Å². The molecule has 0 aliphatic rings. The van der Waals surface area contributed by atoms with Crippen LogP contribution < -0.4 is 5.32 Å². The highest BCUT2D eigenvalue weighted by Gasteiger charge is 2.10. The van der Waals surface area contributed by atoms with Crippen molar-refractivity contribution >= 4 is 17.6 Å². The topological polar surface area (TPSA) is 37.8 Å². The third-order valence-corrected chi connectivity index (χ3v) is 4.31. The van der Waals surface area contributed by atoms with Gasteiger partial charge in [-0.05, 0) is 31.9 Å². The van der Waals surface area contributed by atoms with E-state index < -0.39 is 0 Å². The Bertz CT molecular complexity index is 394. The second-order valence-corrected chi connectivity index (χ2v) is 6.23. The van der Waals surface area contributed by atoms with E-state index in [9.17, 15) is 0 Å². The minimum absolute atomic E-state index is 0.962. The zero-order valence-corrected chi connectivity index (χ0v) is 14.3. The molecule has 0 aromatic carbocycles. The van der Waals surface area contributed by atoms with Crippen LogP contribution in [0.3, 0.4) is 0 Å². The maximum atomic E-state index is 4.74. The first-order valence-corrected chi connectivity index (χ1v) is 8.95. The predicted molar refractivity (Wildman–Crippen MR) is 89.8 cm³/mol. The molecule has 0 aliphatic carbocycles. The maximum Gasteiger partial charge on any atom is 0.133 e.